The molecule has 0 radical (unpaired) electrons. The molecule has 9 heteroatoms. The monoisotopic (exact) mass is 382 g/mol. The second-order valence-electron chi connectivity index (χ2n) is 6.17. The van der Waals surface area contributed by atoms with Crippen molar-refractivity contribution in [3.05, 3.63) is 29.8 Å². The van der Waals surface area contributed by atoms with E-state index in [1.54, 1.807) is 0 Å². The molecule has 1 amide bonds. The number of sulfonamides is 1. The summed E-state index contributed by atoms with van der Waals surface area (Å²) in [4.78, 5) is 36.1. The number of rotatable bonds is 7. The van der Waals surface area contributed by atoms with Gasteiger partial charge in [0.25, 0.3) is 0 Å². The molecule has 1 unspecified atom stereocenters. The highest BCUT2D eigenvalue weighted by atomic mass is 32.2. The third kappa shape index (κ3) is 4.89. The highest BCUT2D eigenvalue weighted by molar-refractivity contribution is 7.89. The van der Waals surface area contributed by atoms with E-state index in [-0.39, 0.29) is 29.2 Å². The van der Waals surface area contributed by atoms with Crippen molar-refractivity contribution in [3.8, 4) is 0 Å². The fourth-order valence-electron chi connectivity index (χ4n) is 2.89. The minimum absolute atomic E-state index is 0.0565. The molecule has 26 heavy (non-hydrogen) atoms. The standard InChI is InChI=1S/C17H22N2O6S/c1-12(20)13-5-4-6-14(11-13)26(24,25)18-9-8-16(21)19-10-3-2-7-15(19)17(22)23/h4-6,11,15,18H,2-3,7-10H2,1H3,(H,22,23). The zero-order valence-corrected chi connectivity index (χ0v) is 15.3. The van der Waals surface area contributed by atoms with Crippen LogP contribution in [-0.2, 0) is 19.6 Å². The van der Waals surface area contributed by atoms with Crippen LogP contribution in [0.25, 0.3) is 0 Å². The third-order valence-electron chi connectivity index (χ3n) is 4.29. The van der Waals surface area contributed by atoms with Crippen LogP contribution < -0.4 is 4.72 Å². The third-order valence-corrected chi connectivity index (χ3v) is 5.75. The van der Waals surface area contributed by atoms with Crippen LogP contribution in [0.3, 0.4) is 0 Å². The van der Waals surface area contributed by atoms with E-state index in [2.05, 4.69) is 4.72 Å². The van der Waals surface area contributed by atoms with E-state index in [9.17, 15) is 27.9 Å². The summed E-state index contributed by atoms with van der Waals surface area (Å²) in [6, 6.07) is 4.79. The smallest absolute Gasteiger partial charge is 0.326 e. The number of piperidine rings is 1. The van der Waals surface area contributed by atoms with E-state index < -0.39 is 27.9 Å². The van der Waals surface area contributed by atoms with Crippen molar-refractivity contribution < 1.29 is 27.9 Å². The zero-order valence-electron chi connectivity index (χ0n) is 14.5. The molecule has 0 aliphatic carbocycles. The number of carbonyl (C=O) groups excluding carboxylic acids is 2. The number of carbonyl (C=O) groups is 3. The number of likely N-dealkylation sites (tertiary alicyclic amines) is 1. The van der Waals surface area contributed by atoms with E-state index >= 15 is 0 Å². The van der Waals surface area contributed by atoms with Crippen molar-refractivity contribution in [3.63, 3.8) is 0 Å². The van der Waals surface area contributed by atoms with Gasteiger partial charge < -0.3 is 10.0 Å². The summed E-state index contributed by atoms with van der Waals surface area (Å²) in [5.74, 6) is -1.68. The number of Topliss-reactive ketones (excluding diaryl/α,β-unsaturated/α-hetero) is 1. The van der Waals surface area contributed by atoms with Crippen molar-refractivity contribution in [2.45, 2.75) is 43.5 Å². The molecule has 1 aliphatic rings. The summed E-state index contributed by atoms with van der Waals surface area (Å²) in [6.07, 6.45) is 1.76. The summed E-state index contributed by atoms with van der Waals surface area (Å²) in [5, 5.41) is 9.20. The van der Waals surface area contributed by atoms with Gasteiger partial charge in [0.1, 0.15) is 6.04 Å². The average Bonchev–Trinajstić information content (AvgIpc) is 2.61. The minimum atomic E-state index is -3.86. The number of benzene rings is 1. The molecule has 2 N–H and O–H groups in total. The van der Waals surface area contributed by atoms with Gasteiger partial charge in [0.15, 0.2) is 5.78 Å². The van der Waals surface area contributed by atoms with Crippen molar-refractivity contribution in [2.75, 3.05) is 13.1 Å². The van der Waals surface area contributed by atoms with Crippen molar-refractivity contribution in [2.24, 2.45) is 0 Å². The maximum absolute atomic E-state index is 12.3. The lowest BCUT2D eigenvalue weighted by atomic mass is 10.0. The van der Waals surface area contributed by atoms with Gasteiger partial charge in [-0.1, -0.05) is 12.1 Å². The van der Waals surface area contributed by atoms with E-state index in [0.717, 1.165) is 12.8 Å². The van der Waals surface area contributed by atoms with Crippen LogP contribution in [0, 0.1) is 0 Å². The molecule has 8 nitrogen and oxygen atoms in total. The van der Waals surface area contributed by atoms with Crippen LogP contribution >= 0.6 is 0 Å². The Hall–Kier alpha value is -2.26. The highest BCUT2D eigenvalue weighted by Gasteiger charge is 2.31. The van der Waals surface area contributed by atoms with Crippen molar-refractivity contribution in [1.29, 1.82) is 0 Å². The van der Waals surface area contributed by atoms with Crippen LogP contribution in [0.4, 0.5) is 0 Å². The van der Waals surface area contributed by atoms with Crippen LogP contribution in [-0.4, -0.2) is 55.2 Å². The van der Waals surface area contributed by atoms with Gasteiger partial charge in [-0.2, -0.15) is 0 Å². The number of ketones is 1. The molecule has 1 heterocycles. The predicted octanol–water partition coefficient (Wildman–Crippen LogP) is 1.02. The second-order valence-corrected chi connectivity index (χ2v) is 7.94. The first-order valence-corrected chi connectivity index (χ1v) is 9.83. The number of carboxylic acids is 1. The first kappa shape index (κ1) is 20.1. The predicted molar refractivity (Wildman–Crippen MR) is 93.2 cm³/mol. The molecule has 2 rings (SSSR count). The van der Waals surface area contributed by atoms with Crippen LogP contribution in [0.1, 0.15) is 43.0 Å². The lowest BCUT2D eigenvalue weighted by molar-refractivity contribution is -0.152. The van der Waals surface area contributed by atoms with Gasteiger partial charge in [-0.05, 0) is 38.3 Å². The fraction of sp³-hybridized carbons (Fsp3) is 0.471. The van der Waals surface area contributed by atoms with Gasteiger partial charge in [0.2, 0.25) is 15.9 Å². The summed E-state index contributed by atoms with van der Waals surface area (Å²) >= 11 is 0. The lowest BCUT2D eigenvalue weighted by Crippen LogP contribution is -2.48. The van der Waals surface area contributed by atoms with Gasteiger partial charge in [-0.25, -0.2) is 17.9 Å². The molecule has 0 spiro atoms. The molecule has 1 saturated heterocycles. The van der Waals surface area contributed by atoms with Gasteiger partial charge in [0.05, 0.1) is 4.90 Å². The molecular formula is C17H22N2O6S. The maximum Gasteiger partial charge on any atom is 0.326 e. The average molecular weight is 382 g/mol. The van der Waals surface area contributed by atoms with Crippen LogP contribution in [0.2, 0.25) is 0 Å². The molecule has 142 valence electrons. The molecule has 1 fully saturated rings. The number of carboxylic acid groups (broad SMARTS) is 1. The van der Waals surface area contributed by atoms with E-state index in [0.29, 0.717) is 13.0 Å². The number of amides is 1. The Balaban J connectivity index is 1.97. The summed E-state index contributed by atoms with van der Waals surface area (Å²) in [6.45, 7) is 1.56. The first-order chi connectivity index (χ1) is 12.2. The van der Waals surface area contributed by atoms with Gasteiger partial charge in [-0.15, -0.1) is 0 Å². The number of aliphatic carboxylic acids is 1. The Labute approximate surface area is 152 Å². The van der Waals surface area contributed by atoms with E-state index in [4.69, 9.17) is 0 Å². The number of hydrogen-bond acceptors (Lipinski definition) is 5. The summed E-state index contributed by atoms with van der Waals surface area (Å²) in [7, 11) is -3.86. The Bertz CT molecular complexity index is 805. The molecule has 0 bridgehead atoms. The molecule has 1 aromatic rings. The molecule has 1 aromatic carbocycles. The number of nitrogens with zero attached hydrogens (tertiary/aromatic N) is 1. The molecule has 0 saturated carbocycles. The first-order valence-electron chi connectivity index (χ1n) is 8.35. The Kier molecular flexibility index (Phi) is 6.49. The second kappa shape index (κ2) is 8.41. The summed E-state index contributed by atoms with van der Waals surface area (Å²) in [5.41, 5.74) is 0.279. The Morgan fingerprint density at radius 1 is 1.27 bits per heavy atom. The van der Waals surface area contributed by atoms with Gasteiger partial charge in [-0.3, -0.25) is 9.59 Å². The molecule has 0 aromatic heterocycles. The topological polar surface area (TPSA) is 121 Å². The molecule has 1 aliphatic heterocycles. The number of nitrogens with one attached hydrogen (secondary N) is 1. The molecule has 1 atom stereocenters. The van der Waals surface area contributed by atoms with Crippen molar-refractivity contribution >= 4 is 27.7 Å². The van der Waals surface area contributed by atoms with Gasteiger partial charge >= 0.3 is 5.97 Å². The maximum atomic E-state index is 12.3. The van der Waals surface area contributed by atoms with Gasteiger partial charge in [0, 0.05) is 25.1 Å². The lowest BCUT2D eigenvalue weighted by Gasteiger charge is -2.33. The van der Waals surface area contributed by atoms with Crippen LogP contribution in [0.15, 0.2) is 29.2 Å². The Morgan fingerprint density at radius 3 is 2.65 bits per heavy atom. The normalized spacial score (nSPS) is 17.7. The van der Waals surface area contributed by atoms with E-state index in [1.165, 1.54) is 36.1 Å². The SMILES string of the molecule is CC(=O)c1cccc(S(=O)(=O)NCCC(=O)N2CCCCC2C(=O)O)c1. The number of hydrogen-bond donors (Lipinski definition) is 2. The van der Waals surface area contributed by atoms with Crippen LogP contribution in [0.5, 0.6) is 0 Å². The largest absolute Gasteiger partial charge is 0.480 e. The molecular weight excluding hydrogens is 360 g/mol. The summed E-state index contributed by atoms with van der Waals surface area (Å²) < 4.78 is 26.9. The highest BCUT2D eigenvalue weighted by Crippen LogP contribution is 2.18. The minimum Gasteiger partial charge on any atom is -0.480 e. The zero-order chi connectivity index (χ0) is 19.3. The Morgan fingerprint density at radius 2 is 2.00 bits per heavy atom. The quantitative estimate of drug-likeness (QED) is 0.679. The van der Waals surface area contributed by atoms with Crippen molar-refractivity contribution in [1.82, 2.24) is 9.62 Å². The van der Waals surface area contributed by atoms with E-state index in [1.807, 2.05) is 0 Å². The fourth-order valence-corrected chi connectivity index (χ4v) is 3.97.